The molecule has 2 rings (SSSR count). The number of β-amino-alcohol motifs (C(OH)–C–C–N with tert-alkyl or cyclic N) is 1. The minimum absolute atomic E-state index is 0.0983. The highest BCUT2D eigenvalue weighted by atomic mass is 16.3. The van der Waals surface area contributed by atoms with Crippen molar-refractivity contribution in [1.29, 1.82) is 0 Å². The molecular weight excluding hydrogens is 284 g/mol. The van der Waals surface area contributed by atoms with Crippen LogP contribution in [0.25, 0.3) is 0 Å². The summed E-state index contributed by atoms with van der Waals surface area (Å²) in [4.78, 5) is 27.8. The molecule has 1 aliphatic heterocycles. The minimum Gasteiger partial charge on any atom is -0.397 e. The lowest BCUT2D eigenvalue weighted by molar-refractivity contribution is -0.144. The van der Waals surface area contributed by atoms with Gasteiger partial charge in [0.05, 0.1) is 18.0 Å². The summed E-state index contributed by atoms with van der Waals surface area (Å²) >= 11 is 0. The first-order valence-corrected chi connectivity index (χ1v) is 7.31. The molecule has 7 heteroatoms. The zero-order chi connectivity index (χ0) is 16.1. The number of carbonyl (C=O) groups is 2. The maximum Gasteiger partial charge on any atom is 0.313 e. The molecule has 0 aliphatic carbocycles. The van der Waals surface area contributed by atoms with Gasteiger partial charge in [-0.05, 0) is 24.6 Å². The van der Waals surface area contributed by atoms with Crippen LogP contribution < -0.4 is 11.1 Å². The Bertz CT molecular complexity index is 554. The number of nitrogens with two attached hydrogens (primary N) is 1. The van der Waals surface area contributed by atoms with E-state index >= 15 is 0 Å². The number of hydrogen-bond acceptors (Lipinski definition) is 5. The van der Waals surface area contributed by atoms with E-state index in [0.29, 0.717) is 44.1 Å². The third-order valence-corrected chi connectivity index (χ3v) is 3.73. The summed E-state index contributed by atoms with van der Waals surface area (Å²) < 4.78 is 0. The topological polar surface area (TPSA) is 98.9 Å². The van der Waals surface area contributed by atoms with Crippen molar-refractivity contribution >= 4 is 23.2 Å². The number of anilines is 2. The second-order valence-corrected chi connectivity index (χ2v) is 5.40. The number of benzene rings is 1. The summed E-state index contributed by atoms with van der Waals surface area (Å²) in [5.74, 6) is -1.23. The monoisotopic (exact) mass is 306 g/mol. The van der Waals surface area contributed by atoms with Crippen molar-refractivity contribution in [2.75, 3.05) is 50.4 Å². The van der Waals surface area contributed by atoms with E-state index in [0.717, 1.165) is 5.56 Å². The first-order valence-electron chi connectivity index (χ1n) is 7.31. The number of nitrogens with zero attached hydrogens (tertiary/aromatic N) is 2. The zero-order valence-corrected chi connectivity index (χ0v) is 12.7. The van der Waals surface area contributed by atoms with Crippen LogP contribution in [0.5, 0.6) is 0 Å². The van der Waals surface area contributed by atoms with Gasteiger partial charge in [-0.25, -0.2) is 0 Å². The fraction of sp³-hybridized carbons (Fsp3) is 0.467. The van der Waals surface area contributed by atoms with Gasteiger partial charge in [0, 0.05) is 32.7 Å². The SMILES string of the molecule is Cc1ccc(NC(=O)C(=O)N2CCN(CCO)CC2)c(N)c1. The van der Waals surface area contributed by atoms with Gasteiger partial charge in [-0.15, -0.1) is 0 Å². The number of nitrogens with one attached hydrogen (secondary N) is 1. The molecule has 1 aromatic rings. The van der Waals surface area contributed by atoms with E-state index in [2.05, 4.69) is 10.2 Å². The van der Waals surface area contributed by atoms with Gasteiger partial charge in [-0.3, -0.25) is 14.5 Å². The Morgan fingerprint density at radius 1 is 1.27 bits per heavy atom. The van der Waals surface area contributed by atoms with Crippen molar-refractivity contribution in [1.82, 2.24) is 9.80 Å². The van der Waals surface area contributed by atoms with Gasteiger partial charge in [0.2, 0.25) is 0 Å². The van der Waals surface area contributed by atoms with Crippen LogP contribution in [-0.2, 0) is 9.59 Å². The molecule has 7 nitrogen and oxygen atoms in total. The fourth-order valence-corrected chi connectivity index (χ4v) is 2.43. The summed E-state index contributed by atoms with van der Waals surface area (Å²) in [6.07, 6.45) is 0. The Morgan fingerprint density at radius 3 is 2.55 bits per heavy atom. The van der Waals surface area contributed by atoms with Crippen molar-refractivity contribution in [3.05, 3.63) is 23.8 Å². The normalized spacial score (nSPS) is 15.6. The summed E-state index contributed by atoms with van der Waals surface area (Å²) in [7, 11) is 0. The summed E-state index contributed by atoms with van der Waals surface area (Å²) in [5, 5.41) is 11.5. The molecule has 1 aliphatic rings. The molecule has 4 N–H and O–H groups in total. The lowest BCUT2D eigenvalue weighted by atomic mass is 10.2. The number of aliphatic hydroxyl groups excluding tert-OH is 1. The highest BCUT2D eigenvalue weighted by Crippen LogP contribution is 2.19. The predicted molar refractivity (Wildman–Crippen MR) is 84.3 cm³/mol. The van der Waals surface area contributed by atoms with E-state index in [4.69, 9.17) is 10.8 Å². The van der Waals surface area contributed by atoms with Gasteiger partial charge in [0.1, 0.15) is 0 Å². The number of carbonyl (C=O) groups excluding carboxylic acids is 2. The van der Waals surface area contributed by atoms with Crippen LogP contribution in [0.15, 0.2) is 18.2 Å². The highest BCUT2D eigenvalue weighted by molar-refractivity contribution is 6.39. The lowest BCUT2D eigenvalue weighted by Gasteiger charge is -2.33. The van der Waals surface area contributed by atoms with Crippen LogP contribution >= 0.6 is 0 Å². The van der Waals surface area contributed by atoms with Gasteiger partial charge in [-0.2, -0.15) is 0 Å². The van der Waals surface area contributed by atoms with Gasteiger partial charge in [0.15, 0.2) is 0 Å². The summed E-state index contributed by atoms with van der Waals surface area (Å²) in [6, 6.07) is 5.26. The van der Waals surface area contributed by atoms with Crippen molar-refractivity contribution < 1.29 is 14.7 Å². The molecule has 0 spiro atoms. The zero-order valence-electron chi connectivity index (χ0n) is 12.7. The smallest absolute Gasteiger partial charge is 0.313 e. The molecule has 120 valence electrons. The highest BCUT2D eigenvalue weighted by Gasteiger charge is 2.26. The fourth-order valence-electron chi connectivity index (χ4n) is 2.43. The number of piperazine rings is 1. The average Bonchev–Trinajstić information content (AvgIpc) is 2.50. The van der Waals surface area contributed by atoms with Crippen LogP contribution in [0, 0.1) is 6.92 Å². The van der Waals surface area contributed by atoms with E-state index < -0.39 is 11.8 Å². The number of nitrogen functional groups attached to an aromatic ring is 1. The Morgan fingerprint density at radius 2 is 1.95 bits per heavy atom. The van der Waals surface area contributed by atoms with Gasteiger partial charge in [-0.1, -0.05) is 6.07 Å². The molecule has 0 bridgehead atoms. The quantitative estimate of drug-likeness (QED) is 0.524. The van der Waals surface area contributed by atoms with Gasteiger partial charge in [0.25, 0.3) is 0 Å². The standard InChI is InChI=1S/C15H22N4O3/c1-11-2-3-13(12(16)10-11)17-14(21)15(22)19-6-4-18(5-7-19)8-9-20/h2-3,10,20H,4-9,16H2,1H3,(H,17,21). The second kappa shape index (κ2) is 7.24. The molecule has 1 heterocycles. The Kier molecular flexibility index (Phi) is 5.35. The molecule has 0 unspecified atom stereocenters. The Hall–Kier alpha value is -2.12. The van der Waals surface area contributed by atoms with Crippen LogP contribution in [-0.4, -0.2) is 66.1 Å². The van der Waals surface area contributed by atoms with Crippen molar-refractivity contribution in [3.63, 3.8) is 0 Å². The summed E-state index contributed by atoms with van der Waals surface area (Å²) in [6.45, 7) is 4.87. The van der Waals surface area contributed by atoms with E-state index in [1.807, 2.05) is 13.0 Å². The first kappa shape index (κ1) is 16.3. The maximum absolute atomic E-state index is 12.2. The molecule has 1 saturated heterocycles. The van der Waals surface area contributed by atoms with Crippen LogP contribution in [0.4, 0.5) is 11.4 Å². The predicted octanol–water partition coefficient (Wildman–Crippen LogP) is -0.348. The molecule has 2 amide bonds. The van der Waals surface area contributed by atoms with Gasteiger partial charge < -0.3 is 21.1 Å². The van der Waals surface area contributed by atoms with Crippen LogP contribution in [0.3, 0.4) is 0 Å². The third kappa shape index (κ3) is 3.96. The molecule has 0 atom stereocenters. The van der Waals surface area contributed by atoms with Crippen molar-refractivity contribution in [3.8, 4) is 0 Å². The van der Waals surface area contributed by atoms with E-state index in [1.165, 1.54) is 4.90 Å². The third-order valence-electron chi connectivity index (χ3n) is 3.73. The Labute approximate surface area is 129 Å². The number of aliphatic hydroxyl groups is 1. The summed E-state index contributed by atoms with van der Waals surface area (Å²) in [5.41, 5.74) is 7.70. The number of rotatable bonds is 3. The molecule has 0 aromatic heterocycles. The van der Waals surface area contributed by atoms with Crippen LogP contribution in [0.2, 0.25) is 0 Å². The lowest BCUT2D eigenvalue weighted by Crippen LogP contribution is -2.52. The number of aryl methyl sites for hydroxylation is 1. The van der Waals surface area contributed by atoms with E-state index in [-0.39, 0.29) is 6.61 Å². The largest absolute Gasteiger partial charge is 0.397 e. The average molecular weight is 306 g/mol. The number of amides is 2. The Balaban J connectivity index is 1.91. The molecule has 1 fully saturated rings. The minimum atomic E-state index is -0.675. The van der Waals surface area contributed by atoms with Crippen LogP contribution in [0.1, 0.15) is 5.56 Å². The second-order valence-electron chi connectivity index (χ2n) is 5.40. The van der Waals surface area contributed by atoms with Gasteiger partial charge >= 0.3 is 11.8 Å². The molecule has 22 heavy (non-hydrogen) atoms. The van der Waals surface area contributed by atoms with E-state index in [9.17, 15) is 9.59 Å². The first-order chi connectivity index (χ1) is 10.5. The van der Waals surface area contributed by atoms with Crippen molar-refractivity contribution in [2.45, 2.75) is 6.92 Å². The maximum atomic E-state index is 12.2. The van der Waals surface area contributed by atoms with Crippen molar-refractivity contribution in [2.24, 2.45) is 0 Å². The molecule has 0 radical (unpaired) electrons. The molecule has 1 aromatic carbocycles. The van der Waals surface area contributed by atoms with E-state index in [1.54, 1.807) is 12.1 Å². The molecular formula is C15H22N4O3. The molecule has 0 saturated carbocycles. The number of hydrogen-bond donors (Lipinski definition) is 3.